The molecule has 6 nitrogen and oxygen atoms in total. The van der Waals surface area contributed by atoms with Crippen LogP contribution < -0.4 is 11.1 Å². The Bertz CT molecular complexity index is 616. The molecule has 0 aliphatic carbocycles. The summed E-state index contributed by atoms with van der Waals surface area (Å²) in [5.74, 6) is 0.126. The van der Waals surface area contributed by atoms with Gasteiger partial charge in [0, 0.05) is 18.3 Å². The summed E-state index contributed by atoms with van der Waals surface area (Å²) in [5.41, 5.74) is 6.75. The maximum atomic E-state index is 12.2. The standard InChI is InChI=1S/C14H16N4O2S/c15-14-17-6-12(21-14)13(19)18-11-8-20-7-10(11)5-9-1-3-16-4-2-9/h1-4,6,10-11H,5,7-8H2,(H2,15,17)(H,18,19)/t10-,11-/m1/s1. The molecule has 1 aliphatic rings. The fourth-order valence-electron chi connectivity index (χ4n) is 2.41. The van der Waals surface area contributed by atoms with E-state index in [2.05, 4.69) is 15.3 Å². The topological polar surface area (TPSA) is 90.1 Å². The summed E-state index contributed by atoms with van der Waals surface area (Å²) < 4.78 is 5.52. The highest BCUT2D eigenvalue weighted by atomic mass is 32.1. The lowest BCUT2D eigenvalue weighted by molar-refractivity contribution is 0.0929. The van der Waals surface area contributed by atoms with Crippen LogP contribution in [0.15, 0.2) is 30.7 Å². The van der Waals surface area contributed by atoms with Crippen LogP contribution in [-0.2, 0) is 11.2 Å². The van der Waals surface area contributed by atoms with Gasteiger partial charge in [-0.3, -0.25) is 9.78 Å². The molecule has 0 spiro atoms. The number of aromatic nitrogens is 2. The molecule has 1 fully saturated rings. The maximum Gasteiger partial charge on any atom is 0.263 e. The SMILES string of the molecule is Nc1ncc(C(=O)N[C@@H]2COC[C@H]2Cc2ccncc2)s1. The van der Waals surface area contributed by atoms with Gasteiger partial charge in [0.1, 0.15) is 4.88 Å². The first kappa shape index (κ1) is 14.0. The largest absolute Gasteiger partial charge is 0.379 e. The highest BCUT2D eigenvalue weighted by Crippen LogP contribution is 2.20. The molecule has 0 aromatic carbocycles. The van der Waals surface area contributed by atoms with Crippen molar-refractivity contribution in [3.8, 4) is 0 Å². The minimum absolute atomic E-state index is 0.00832. The molecular weight excluding hydrogens is 288 g/mol. The summed E-state index contributed by atoms with van der Waals surface area (Å²) in [4.78, 5) is 20.6. The highest BCUT2D eigenvalue weighted by molar-refractivity contribution is 7.17. The van der Waals surface area contributed by atoms with E-state index in [1.165, 1.54) is 23.1 Å². The Kier molecular flexibility index (Phi) is 4.12. The van der Waals surface area contributed by atoms with E-state index in [0.29, 0.717) is 23.2 Å². The number of carbonyl (C=O) groups is 1. The van der Waals surface area contributed by atoms with Gasteiger partial charge in [0.15, 0.2) is 5.13 Å². The summed E-state index contributed by atoms with van der Waals surface area (Å²) in [5, 5.41) is 3.41. The number of amides is 1. The van der Waals surface area contributed by atoms with Crippen molar-refractivity contribution >= 4 is 22.4 Å². The Hall–Kier alpha value is -1.99. The zero-order valence-electron chi connectivity index (χ0n) is 11.4. The number of ether oxygens (including phenoxy) is 1. The van der Waals surface area contributed by atoms with Gasteiger partial charge in [0.25, 0.3) is 5.91 Å². The van der Waals surface area contributed by atoms with E-state index in [0.717, 1.165) is 6.42 Å². The average Bonchev–Trinajstić information content (AvgIpc) is 3.10. The summed E-state index contributed by atoms with van der Waals surface area (Å²) in [6.45, 7) is 1.19. The van der Waals surface area contributed by atoms with Gasteiger partial charge in [0.05, 0.1) is 25.5 Å². The molecule has 2 aromatic heterocycles. The number of hydrogen-bond acceptors (Lipinski definition) is 6. The summed E-state index contributed by atoms with van der Waals surface area (Å²) in [6, 6.07) is 3.98. The summed E-state index contributed by atoms with van der Waals surface area (Å²) in [6.07, 6.45) is 5.92. The molecule has 2 atom stereocenters. The number of nitrogens with two attached hydrogens (primary N) is 1. The number of nitrogen functional groups attached to an aromatic ring is 1. The second-order valence-electron chi connectivity index (χ2n) is 5.00. The van der Waals surface area contributed by atoms with Crippen LogP contribution in [0.2, 0.25) is 0 Å². The molecule has 21 heavy (non-hydrogen) atoms. The summed E-state index contributed by atoms with van der Waals surface area (Å²) >= 11 is 1.19. The Morgan fingerprint density at radius 2 is 2.24 bits per heavy atom. The monoisotopic (exact) mass is 304 g/mol. The van der Waals surface area contributed by atoms with E-state index in [9.17, 15) is 4.79 Å². The van der Waals surface area contributed by atoms with Crippen molar-refractivity contribution in [2.24, 2.45) is 5.92 Å². The van der Waals surface area contributed by atoms with Crippen LogP contribution in [0.5, 0.6) is 0 Å². The number of thiazole rings is 1. The molecule has 1 amide bonds. The van der Waals surface area contributed by atoms with E-state index in [1.54, 1.807) is 12.4 Å². The fraction of sp³-hybridized carbons (Fsp3) is 0.357. The highest BCUT2D eigenvalue weighted by Gasteiger charge is 2.30. The minimum atomic E-state index is -0.139. The van der Waals surface area contributed by atoms with Crippen molar-refractivity contribution in [3.63, 3.8) is 0 Å². The third-order valence-electron chi connectivity index (χ3n) is 3.51. The first-order chi connectivity index (χ1) is 10.2. The molecule has 0 bridgehead atoms. The van der Waals surface area contributed by atoms with E-state index >= 15 is 0 Å². The molecule has 0 unspecified atom stereocenters. The number of anilines is 1. The van der Waals surface area contributed by atoms with Gasteiger partial charge >= 0.3 is 0 Å². The Balaban J connectivity index is 1.63. The van der Waals surface area contributed by atoms with Crippen LogP contribution in [0.3, 0.4) is 0 Å². The Morgan fingerprint density at radius 1 is 1.43 bits per heavy atom. The van der Waals surface area contributed by atoms with E-state index in [-0.39, 0.29) is 17.9 Å². The quantitative estimate of drug-likeness (QED) is 0.883. The molecule has 0 saturated carbocycles. The van der Waals surface area contributed by atoms with Crippen molar-refractivity contribution in [3.05, 3.63) is 41.2 Å². The van der Waals surface area contributed by atoms with Crippen molar-refractivity contribution in [1.82, 2.24) is 15.3 Å². The zero-order valence-corrected chi connectivity index (χ0v) is 12.2. The molecule has 1 aliphatic heterocycles. The van der Waals surface area contributed by atoms with E-state index < -0.39 is 0 Å². The molecular formula is C14H16N4O2S. The van der Waals surface area contributed by atoms with Crippen LogP contribution in [0, 0.1) is 5.92 Å². The van der Waals surface area contributed by atoms with Gasteiger partial charge in [0.2, 0.25) is 0 Å². The lowest BCUT2D eigenvalue weighted by atomic mass is 9.95. The van der Waals surface area contributed by atoms with Gasteiger partial charge in [-0.2, -0.15) is 0 Å². The first-order valence-electron chi connectivity index (χ1n) is 6.71. The van der Waals surface area contributed by atoms with E-state index in [4.69, 9.17) is 10.5 Å². The molecule has 3 N–H and O–H groups in total. The lowest BCUT2D eigenvalue weighted by Crippen LogP contribution is -2.40. The average molecular weight is 304 g/mol. The van der Waals surface area contributed by atoms with Crippen LogP contribution in [0.1, 0.15) is 15.2 Å². The molecule has 2 aromatic rings. The van der Waals surface area contributed by atoms with Crippen LogP contribution in [0.4, 0.5) is 5.13 Å². The predicted octanol–water partition coefficient (Wildman–Crippen LogP) is 1.11. The first-order valence-corrected chi connectivity index (χ1v) is 7.53. The smallest absolute Gasteiger partial charge is 0.263 e. The van der Waals surface area contributed by atoms with Crippen molar-refractivity contribution in [2.75, 3.05) is 18.9 Å². The van der Waals surface area contributed by atoms with Gasteiger partial charge in [-0.05, 0) is 24.1 Å². The number of rotatable bonds is 4. The van der Waals surface area contributed by atoms with Crippen LogP contribution in [-0.4, -0.2) is 35.1 Å². The van der Waals surface area contributed by atoms with Crippen LogP contribution in [0.25, 0.3) is 0 Å². The van der Waals surface area contributed by atoms with E-state index in [1.807, 2.05) is 12.1 Å². The molecule has 110 valence electrons. The van der Waals surface area contributed by atoms with Gasteiger partial charge < -0.3 is 15.8 Å². The van der Waals surface area contributed by atoms with Gasteiger partial charge in [-0.25, -0.2) is 4.98 Å². The number of pyridine rings is 1. The van der Waals surface area contributed by atoms with Crippen molar-refractivity contribution in [1.29, 1.82) is 0 Å². The van der Waals surface area contributed by atoms with Gasteiger partial charge in [-0.15, -0.1) is 0 Å². The predicted molar refractivity (Wildman–Crippen MR) is 80.0 cm³/mol. The zero-order chi connectivity index (χ0) is 14.7. The second kappa shape index (κ2) is 6.19. The Labute approximate surface area is 126 Å². The minimum Gasteiger partial charge on any atom is -0.379 e. The Morgan fingerprint density at radius 3 is 2.95 bits per heavy atom. The molecule has 3 rings (SSSR count). The molecule has 3 heterocycles. The van der Waals surface area contributed by atoms with Crippen LogP contribution >= 0.6 is 11.3 Å². The normalized spacial score (nSPS) is 21.3. The third kappa shape index (κ3) is 3.37. The van der Waals surface area contributed by atoms with Crippen molar-refractivity contribution in [2.45, 2.75) is 12.5 Å². The maximum absolute atomic E-state index is 12.2. The summed E-state index contributed by atoms with van der Waals surface area (Å²) in [7, 11) is 0. The van der Waals surface area contributed by atoms with Gasteiger partial charge in [-0.1, -0.05) is 11.3 Å². The van der Waals surface area contributed by atoms with Crippen molar-refractivity contribution < 1.29 is 9.53 Å². The third-order valence-corrected chi connectivity index (χ3v) is 4.33. The number of nitrogens with zero attached hydrogens (tertiary/aromatic N) is 2. The number of nitrogens with one attached hydrogen (secondary N) is 1. The number of carbonyl (C=O) groups excluding carboxylic acids is 1. The number of hydrogen-bond donors (Lipinski definition) is 2. The molecule has 7 heteroatoms. The lowest BCUT2D eigenvalue weighted by Gasteiger charge is -2.18. The fourth-order valence-corrected chi connectivity index (χ4v) is 3.00. The second-order valence-corrected chi connectivity index (χ2v) is 6.06. The molecule has 1 saturated heterocycles. The molecule has 0 radical (unpaired) electrons.